The van der Waals surface area contributed by atoms with Crippen LogP contribution in [0, 0.1) is 0 Å². The molecule has 0 aliphatic carbocycles. The van der Waals surface area contributed by atoms with Crippen LogP contribution in [-0.4, -0.2) is 21.8 Å². The summed E-state index contributed by atoms with van der Waals surface area (Å²) in [5, 5.41) is 11.8. The molecule has 2 atom stereocenters. The van der Waals surface area contributed by atoms with E-state index < -0.39 is 18.0 Å². The average molecular weight is 248 g/mol. The Hall–Kier alpha value is -2.08. The molecule has 1 saturated heterocycles. The van der Waals surface area contributed by atoms with E-state index in [0.717, 1.165) is 0 Å². The van der Waals surface area contributed by atoms with Gasteiger partial charge < -0.3 is 14.8 Å². The minimum atomic E-state index is -0.831. The van der Waals surface area contributed by atoms with Gasteiger partial charge in [-0.05, 0) is 25.0 Å². The fourth-order valence-corrected chi connectivity index (χ4v) is 2.30. The van der Waals surface area contributed by atoms with Gasteiger partial charge in [0, 0.05) is 0 Å². The van der Waals surface area contributed by atoms with E-state index in [4.69, 9.17) is 4.42 Å². The molecule has 0 spiro atoms. The van der Waals surface area contributed by atoms with Gasteiger partial charge in [-0.25, -0.2) is 4.79 Å². The zero-order valence-electron chi connectivity index (χ0n) is 9.50. The van der Waals surface area contributed by atoms with Crippen LogP contribution in [0.15, 0.2) is 33.5 Å². The Balaban J connectivity index is 2.12. The molecule has 0 bridgehead atoms. The number of hydrogen-bond acceptors (Lipinski definition) is 4. The molecule has 1 aromatic carbocycles. The van der Waals surface area contributed by atoms with Gasteiger partial charge in [-0.15, -0.1) is 0 Å². The molecule has 1 fully saturated rings. The van der Waals surface area contributed by atoms with Crippen LogP contribution in [0.1, 0.15) is 18.9 Å². The fourth-order valence-electron chi connectivity index (χ4n) is 2.30. The molecule has 1 aromatic heterocycles. The van der Waals surface area contributed by atoms with Crippen LogP contribution >= 0.6 is 0 Å². The second kappa shape index (κ2) is 3.99. The molecule has 1 amide bonds. The van der Waals surface area contributed by atoms with Crippen molar-refractivity contribution in [2.45, 2.75) is 25.1 Å². The standard InChI is InChI=1S/C12H12N2O4/c15-10-6-5-8(11(16)13-10)14-7-3-1-2-4-9(7)18-12(14)17/h1-4,8,10,15H,5-6H2,(H,13,16). The number of para-hydroxylation sites is 2. The smallest absolute Gasteiger partial charge is 0.408 e. The normalized spacial score (nSPS) is 24.2. The van der Waals surface area contributed by atoms with Crippen molar-refractivity contribution in [1.82, 2.24) is 9.88 Å². The lowest BCUT2D eigenvalue weighted by Gasteiger charge is -2.26. The van der Waals surface area contributed by atoms with Crippen LogP contribution in [0.3, 0.4) is 0 Å². The lowest BCUT2D eigenvalue weighted by Crippen LogP contribution is -2.46. The Morgan fingerprint density at radius 1 is 1.28 bits per heavy atom. The summed E-state index contributed by atoms with van der Waals surface area (Å²) in [5.74, 6) is -0.907. The molecular formula is C12H12N2O4. The van der Waals surface area contributed by atoms with E-state index in [0.29, 0.717) is 23.9 Å². The van der Waals surface area contributed by atoms with Crippen molar-refractivity contribution in [3.8, 4) is 0 Å². The van der Waals surface area contributed by atoms with Crippen LogP contribution in [0.5, 0.6) is 0 Å². The molecular weight excluding hydrogens is 236 g/mol. The number of rotatable bonds is 1. The van der Waals surface area contributed by atoms with Crippen molar-refractivity contribution < 1.29 is 14.3 Å². The number of nitrogens with one attached hydrogen (secondary N) is 1. The molecule has 2 unspecified atom stereocenters. The zero-order valence-corrected chi connectivity index (χ0v) is 9.50. The monoisotopic (exact) mass is 248 g/mol. The van der Waals surface area contributed by atoms with E-state index in [1.165, 1.54) is 4.57 Å². The summed E-state index contributed by atoms with van der Waals surface area (Å²) in [6, 6.07) is 6.34. The first-order valence-corrected chi connectivity index (χ1v) is 5.75. The molecule has 0 radical (unpaired) electrons. The molecule has 94 valence electrons. The number of fused-ring (bicyclic) bond motifs is 1. The lowest BCUT2D eigenvalue weighted by molar-refractivity contribution is -0.130. The number of nitrogens with zero attached hydrogens (tertiary/aromatic N) is 1. The topological polar surface area (TPSA) is 84.5 Å². The molecule has 6 nitrogen and oxygen atoms in total. The number of hydrogen-bond donors (Lipinski definition) is 2. The first-order chi connectivity index (χ1) is 8.66. The number of amides is 1. The highest BCUT2D eigenvalue weighted by Gasteiger charge is 2.31. The van der Waals surface area contributed by atoms with Gasteiger partial charge in [-0.2, -0.15) is 0 Å². The zero-order chi connectivity index (χ0) is 12.7. The van der Waals surface area contributed by atoms with Gasteiger partial charge >= 0.3 is 5.76 Å². The van der Waals surface area contributed by atoms with Gasteiger partial charge in [0.25, 0.3) is 0 Å². The number of piperidine rings is 1. The van der Waals surface area contributed by atoms with Crippen molar-refractivity contribution in [3.05, 3.63) is 34.8 Å². The summed E-state index contributed by atoms with van der Waals surface area (Å²) in [6.07, 6.45) is 0.00122. The summed E-state index contributed by atoms with van der Waals surface area (Å²) >= 11 is 0. The van der Waals surface area contributed by atoms with E-state index in [2.05, 4.69) is 5.32 Å². The third-order valence-corrected chi connectivity index (χ3v) is 3.16. The Bertz CT molecular complexity index is 657. The molecule has 2 aromatic rings. The number of aliphatic hydroxyl groups is 1. The highest BCUT2D eigenvalue weighted by molar-refractivity contribution is 5.83. The number of carbonyl (C=O) groups excluding carboxylic acids is 1. The van der Waals surface area contributed by atoms with Crippen molar-refractivity contribution >= 4 is 17.0 Å². The molecule has 2 N–H and O–H groups in total. The molecule has 6 heteroatoms. The van der Waals surface area contributed by atoms with E-state index in [9.17, 15) is 14.7 Å². The minimum Gasteiger partial charge on any atom is -0.408 e. The van der Waals surface area contributed by atoms with Crippen LogP contribution in [0.25, 0.3) is 11.1 Å². The maximum Gasteiger partial charge on any atom is 0.420 e. The molecule has 1 aliphatic rings. The van der Waals surface area contributed by atoms with Crippen molar-refractivity contribution in [1.29, 1.82) is 0 Å². The van der Waals surface area contributed by atoms with Gasteiger partial charge in [-0.3, -0.25) is 9.36 Å². The number of benzene rings is 1. The van der Waals surface area contributed by atoms with Gasteiger partial charge in [-0.1, -0.05) is 12.1 Å². The van der Waals surface area contributed by atoms with Crippen molar-refractivity contribution in [2.75, 3.05) is 0 Å². The van der Waals surface area contributed by atoms with Crippen molar-refractivity contribution in [3.63, 3.8) is 0 Å². The van der Waals surface area contributed by atoms with Gasteiger partial charge in [0.15, 0.2) is 5.58 Å². The molecule has 18 heavy (non-hydrogen) atoms. The molecule has 0 saturated carbocycles. The Labute approximate surface area is 102 Å². The highest BCUT2D eigenvalue weighted by Crippen LogP contribution is 2.23. The van der Waals surface area contributed by atoms with Gasteiger partial charge in [0.05, 0.1) is 5.52 Å². The van der Waals surface area contributed by atoms with Gasteiger partial charge in [0.2, 0.25) is 5.91 Å². The van der Waals surface area contributed by atoms with E-state index in [1.54, 1.807) is 24.3 Å². The summed E-state index contributed by atoms with van der Waals surface area (Å²) in [7, 11) is 0. The first-order valence-electron chi connectivity index (χ1n) is 5.75. The average Bonchev–Trinajstić information content (AvgIpc) is 2.66. The summed E-state index contributed by atoms with van der Waals surface area (Å²) in [4.78, 5) is 23.6. The predicted molar refractivity (Wildman–Crippen MR) is 62.9 cm³/mol. The van der Waals surface area contributed by atoms with Crippen molar-refractivity contribution in [2.24, 2.45) is 0 Å². The second-order valence-electron chi connectivity index (χ2n) is 4.32. The Morgan fingerprint density at radius 3 is 2.83 bits per heavy atom. The molecule has 2 heterocycles. The van der Waals surface area contributed by atoms with Crippen LogP contribution in [-0.2, 0) is 4.79 Å². The number of aliphatic hydroxyl groups excluding tert-OH is 1. The van der Waals surface area contributed by atoms with Crippen LogP contribution < -0.4 is 11.1 Å². The second-order valence-corrected chi connectivity index (χ2v) is 4.32. The summed E-state index contributed by atoms with van der Waals surface area (Å²) in [5.41, 5.74) is 1.06. The number of oxazole rings is 1. The third-order valence-electron chi connectivity index (χ3n) is 3.16. The minimum absolute atomic E-state index is 0.359. The third kappa shape index (κ3) is 1.62. The van der Waals surface area contributed by atoms with Crippen LogP contribution in [0.2, 0.25) is 0 Å². The van der Waals surface area contributed by atoms with E-state index in [1.807, 2.05) is 0 Å². The summed E-state index contributed by atoms with van der Waals surface area (Å²) in [6.45, 7) is 0. The van der Waals surface area contributed by atoms with Crippen LogP contribution in [0.4, 0.5) is 0 Å². The first kappa shape index (κ1) is 11.0. The van der Waals surface area contributed by atoms with E-state index >= 15 is 0 Å². The highest BCUT2D eigenvalue weighted by atomic mass is 16.4. The summed E-state index contributed by atoms with van der Waals surface area (Å²) < 4.78 is 6.44. The number of aromatic nitrogens is 1. The van der Waals surface area contributed by atoms with E-state index in [-0.39, 0.29) is 5.91 Å². The fraction of sp³-hybridized carbons (Fsp3) is 0.333. The largest absolute Gasteiger partial charge is 0.420 e. The maximum absolute atomic E-state index is 11.8. The Morgan fingerprint density at radius 2 is 2.06 bits per heavy atom. The molecule has 1 aliphatic heterocycles. The predicted octanol–water partition coefficient (Wildman–Crippen LogP) is 0.364. The SMILES string of the molecule is O=C1NC(O)CCC1n1c(=O)oc2ccccc21. The maximum atomic E-state index is 11.8. The quantitative estimate of drug-likeness (QED) is 0.763. The lowest BCUT2D eigenvalue weighted by atomic mass is 10.1. The van der Waals surface area contributed by atoms with Gasteiger partial charge in [0.1, 0.15) is 12.3 Å². The molecule has 3 rings (SSSR count). The number of carbonyl (C=O) groups is 1. The Kier molecular flexibility index (Phi) is 2.45.